The number of hydrogen-bond acceptors (Lipinski definition) is 4. The van der Waals surface area contributed by atoms with Gasteiger partial charge >= 0.3 is 5.97 Å². The Morgan fingerprint density at radius 3 is 2.47 bits per heavy atom. The van der Waals surface area contributed by atoms with Crippen molar-refractivity contribution in [2.45, 2.75) is 18.7 Å². The van der Waals surface area contributed by atoms with Crippen LogP contribution in [0.5, 0.6) is 0 Å². The molecule has 0 amide bonds. The van der Waals surface area contributed by atoms with Gasteiger partial charge in [-0.05, 0) is 30.5 Å². The van der Waals surface area contributed by atoms with Crippen LogP contribution in [0.1, 0.15) is 22.8 Å². The molecule has 0 aliphatic carbocycles. The van der Waals surface area contributed by atoms with Gasteiger partial charge in [-0.2, -0.15) is 0 Å². The fourth-order valence-corrected chi connectivity index (χ4v) is 3.30. The van der Waals surface area contributed by atoms with Crippen molar-refractivity contribution in [3.63, 3.8) is 0 Å². The van der Waals surface area contributed by atoms with Crippen molar-refractivity contribution in [2.75, 3.05) is 12.4 Å². The molecule has 0 fully saturated rings. The highest BCUT2D eigenvalue weighted by Gasteiger charge is 2.23. The van der Waals surface area contributed by atoms with E-state index < -0.39 is 33.1 Å². The number of halogens is 1. The van der Waals surface area contributed by atoms with Crippen LogP contribution in [-0.4, -0.2) is 37.0 Å². The van der Waals surface area contributed by atoms with Gasteiger partial charge in [-0.15, -0.1) is 0 Å². The highest BCUT2D eigenvalue weighted by atomic mass is 32.2. The van der Waals surface area contributed by atoms with Gasteiger partial charge in [0.05, 0.1) is 16.2 Å². The van der Waals surface area contributed by atoms with Crippen LogP contribution in [0, 0.1) is 18.7 Å². The van der Waals surface area contributed by atoms with Crippen LogP contribution in [0.2, 0.25) is 0 Å². The zero-order valence-electron chi connectivity index (χ0n) is 10.6. The van der Waals surface area contributed by atoms with Gasteiger partial charge in [0.2, 0.25) is 0 Å². The molecule has 0 spiro atoms. The molecule has 19 heavy (non-hydrogen) atoms. The number of aliphatic hydroxyl groups is 1. The second-order valence-corrected chi connectivity index (χ2v) is 6.51. The van der Waals surface area contributed by atoms with Crippen LogP contribution in [0.25, 0.3) is 0 Å². The molecule has 0 bridgehead atoms. The zero-order chi connectivity index (χ0) is 14.8. The van der Waals surface area contributed by atoms with E-state index in [0.29, 0.717) is 0 Å². The second kappa shape index (κ2) is 5.66. The van der Waals surface area contributed by atoms with Gasteiger partial charge in [0, 0.05) is 6.61 Å². The average Bonchev–Trinajstić information content (AvgIpc) is 2.31. The molecule has 1 atom stereocenters. The Labute approximate surface area is 110 Å². The van der Waals surface area contributed by atoms with Crippen LogP contribution < -0.4 is 0 Å². The van der Waals surface area contributed by atoms with Gasteiger partial charge in [-0.1, -0.05) is 6.92 Å². The lowest BCUT2D eigenvalue weighted by molar-refractivity contribution is 0.0691. The molecule has 106 valence electrons. The van der Waals surface area contributed by atoms with Crippen LogP contribution in [-0.2, 0) is 9.84 Å². The number of benzene rings is 1. The Morgan fingerprint density at radius 2 is 2.00 bits per heavy atom. The lowest BCUT2D eigenvalue weighted by Gasteiger charge is -2.11. The van der Waals surface area contributed by atoms with Crippen molar-refractivity contribution in [2.24, 2.45) is 5.92 Å². The predicted octanol–water partition coefficient (Wildman–Crippen LogP) is 1.23. The Kier molecular flexibility index (Phi) is 4.65. The van der Waals surface area contributed by atoms with Crippen molar-refractivity contribution in [1.82, 2.24) is 0 Å². The molecule has 1 unspecified atom stereocenters. The molecule has 0 saturated heterocycles. The number of aromatic carboxylic acids is 1. The highest BCUT2D eigenvalue weighted by molar-refractivity contribution is 7.91. The van der Waals surface area contributed by atoms with Crippen molar-refractivity contribution in [1.29, 1.82) is 0 Å². The summed E-state index contributed by atoms with van der Waals surface area (Å²) >= 11 is 0. The fraction of sp³-hybridized carbons (Fsp3) is 0.417. The Bertz CT molecular complexity index is 594. The van der Waals surface area contributed by atoms with Crippen LogP contribution in [0.15, 0.2) is 17.0 Å². The minimum Gasteiger partial charge on any atom is -0.478 e. The number of carboxylic acid groups (broad SMARTS) is 1. The van der Waals surface area contributed by atoms with Crippen molar-refractivity contribution >= 4 is 15.8 Å². The van der Waals surface area contributed by atoms with Crippen LogP contribution >= 0.6 is 0 Å². The maximum Gasteiger partial charge on any atom is 0.338 e. The molecule has 1 rings (SSSR count). The number of carboxylic acids is 1. The minimum atomic E-state index is -3.76. The van der Waals surface area contributed by atoms with Crippen molar-refractivity contribution in [3.05, 3.63) is 29.1 Å². The van der Waals surface area contributed by atoms with E-state index in [9.17, 15) is 17.6 Å². The van der Waals surface area contributed by atoms with Gasteiger partial charge in [-0.25, -0.2) is 17.6 Å². The number of carbonyl (C=O) groups is 1. The van der Waals surface area contributed by atoms with Gasteiger partial charge in [0.1, 0.15) is 5.82 Å². The number of sulfone groups is 1. The molecule has 1 aromatic carbocycles. The molecule has 5 nitrogen and oxygen atoms in total. The predicted molar refractivity (Wildman–Crippen MR) is 66.4 cm³/mol. The Hall–Kier alpha value is -1.47. The summed E-state index contributed by atoms with van der Waals surface area (Å²) in [5.41, 5.74) is -0.717. The molecule has 0 heterocycles. The highest BCUT2D eigenvalue weighted by Crippen LogP contribution is 2.21. The maximum atomic E-state index is 13.5. The molecule has 0 aliphatic heterocycles. The third-order valence-corrected chi connectivity index (χ3v) is 4.59. The van der Waals surface area contributed by atoms with Crippen LogP contribution in [0.3, 0.4) is 0 Å². The summed E-state index contributed by atoms with van der Waals surface area (Å²) in [7, 11) is -3.76. The third-order valence-electron chi connectivity index (χ3n) is 2.63. The number of aliphatic hydroxyl groups excluding tert-OH is 1. The SMILES string of the molecule is Cc1cc(S(=O)(=O)CC(C)CO)cc(C(=O)O)c1F. The Morgan fingerprint density at radius 1 is 1.42 bits per heavy atom. The molecular formula is C12H15FO5S. The van der Waals surface area contributed by atoms with Gasteiger partial charge in [0.15, 0.2) is 9.84 Å². The monoisotopic (exact) mass is 290 g/mol. The fourth-order valence-electron chi connectivity index (χ4n) is 1.60. The largest absolute Gasteiger partial charge is 0.478 e. The lowest BCUT2D eigenvalue weighted by Crippen LogP contribution is -2.18. The molecule has 0 aliphatic rings. The van der Waals surface area contributed by atoms with Crippen molar-refractivity contribution in [3.8, 4) is 0 Å². The van der Waals surface area contributed by atoms with E-state index in [1.807, 2.05) is 0 Å². The average molecular weight is 290 g/mol. The van der Waals surface area contributed by atoms with Gasteiger partial charge < -0.3 is 10.2 Å². The first-order valence-corrected chi connectivity index (χ1v) is 7.21. The first kappa shape index (κ1) is 15.6. The molecule has 2 N–H and O–H groups in total. The number of hydrogen-bond donors (Lipinski definition) is 2. The summed E-state index contributed by atoms with van der Waals surface area (Å²) < 4.78 is 37.6. The van der Waals surface area contributed by atoms with E-state index in [1.54, 1.807) is 6.92 Å². The Balaban J connectivity index is 3.32. The van der Waals surface area contributed by atoms with Crippen molar-refractivity contribution < 1.29 is 27.8 Å². The second-order valence-electron chi connectivity index (χ2n) is 4.48. The first-order chi connectivity index (χ1) is 8.69. The van der Waals surface area contributed by atoms with Crippen LogP contribution in [0.4, 0.5) is 4.39 Å². The van der Waals surface area contributed by atoms with E-state index in [0.717, 1.165) is 12.1 Å². The van der Waals surface area contributed by atoms with Gasteiger partial charge in [0.25, 0.3) is 0 Å². The topological polar surface area (TPSA) is 91.7 Å². The standard InChI is InChI=1S/C12H15FO5S/c1-7(5-14)6-19(17,18)9-3-8(2)11(13)10(4-9)12(15)16/h3-4,7,14H,5-6H2,1-2H3,(H,15,16). The normalized spacial score (nSPS) is 13.3. The quantitative estimate of drug-likeness (QED) is 0.796. The zero-order valence-corrected chi connectivity index (χ0v) is 11.4. The third kappa shape index (κ3) is 3.51. The smallest absolute Gasteiger partial charge is 0.338 e. The van der Waals surface area contributed by atoms with E-state index >= 15 is 0 Å². The maximum absolute atomic E-state index is 13.5. The summed E-state index contributed by atoms with van der Waals surface area (Å²) in [5, 5.41) is 17.7. The number of rotatable bonds is 5. The molecule has 0 aromatic heterocycles. The molecule has 0 radical (unpaired) electrons. The van der Waals surface area contributed by atoms with E-state index in [2.05, 4.69) is 0 Å². The molecule has 1 aromatic rings. The minimum absolute atomic E-state index is 0.0462. The summed E-state index contributed by atoms with van der Waals surface area (Å²) in [6, 6.07) is 1.91. The summed E-state index contributed by atoms with van der Waals surface area (Å²) in [6.45, 7) is 2.55. The summed E-state index contributed by atoms with van der Waals surface area (Å²) in [4.78, 5) is 10.6. The van der Waals surface area contributed by atoms with E-state index in [-0.39, 0.29) is 22.8 Å². The van der Waals surface area contributed by atoms with E-state index in [4.69, 9.17) is 10.2 Å². The van der Waals surface area contributed by atoms with E-state index in [1.165, 1.54) is 6.92 Å². The molecular weight excluding hydrogens is 275 g/mol. The summed E-state index contributed by atoms with van der Waals surface area (Å²) in [5.74, 6) is -3.27. The molecule has 7 heteroatoms. The summed E-state index contributed by atoms with van der Waals surface area (Å²) in [6.07, 6.45) is 0. The lowest BCUT2D eigenvalue weighted by atomic mass is 10.1. The first-order valence-electron chi connectivity index (χ1n) is 5.56. The number of aryl methyl sites for hydroxylation is 1. The van der Waals surface area contributed by atoms with Gasteiger partial charge in [-0.3, -0.25) is 0 Å². The molecule has 0 saturated carbocycles.